The number of aromatic nitrogens is 1. The Morgan fingerprint density at radius 3 is 2.96 bits per heavy atom. The molecule has 140 valence electrons. The van der Waals surface area contributed by atoms with Crippen molar-refractivity contribution >= 4 is 16.9 Å². The van der Waals surface area contributed by atoms with E-state index in [2.05, 4.69) is 63.2 Å². The molecule has 1 aliphatic heterocycles. The molecule has 2 aromatic carbocycles. The summed E-state index contributed by atoms with van der Waals surface area (Å²) < 4.78 is 5.74. The summed E-state index contributed by atoms with van der Waals surface area (Å²) in [4.78, 5) is 7.73. The molecule has 3 aromatic rings. The number of nitrogens with zero attached hydrogens (tertiary/aromatic N) is 1. The second-order valence-electron chi connectivity index (χ2n) is 6.83. The Morgan fingerprint density at radius 1 is 1.19 bits per heavy atom. The zero-order valence-corrected chi connectivity index (χ0v) is 15.7. The van der Waals surface area contributed by atoms with Crippen LogP contribution >= 0.6 is 0 Å². The van der Waals surface area contributed by atoms with Crippen LogP contribution in [0.15, 0.2) is 59.7 Å². The Morgan fingerprint density at radius 2 is 2.04 bits per heavy atom. The van der Waals surface area contributed by atoms with Crippen molar-refractivity contribution in [1.29, 1.82) is 0 Å². The van der Waals surface area contributed by atoms with Crippen molar-refractivity contribution in [2.75, 3.05) is 20.2 Å². The summed E-state index contributed by atoms with van der Waals surface area (Å²) in [6, 6.07) is 16.9. The van der Waals surface area contributed by atoms with Crippen LogP contribution in [-0.4, -0.2) is 31.1 Å². The van der Waals surface area contributed by atoms with E-state index < -0.39 is 0 Å². The van der Waals surface area contributed by atoms with Gasteiger partial charge in [0.15, 0.2) is 5.96 Å². The van der Waals surface area contributed by atoms with Crippen molar-refractivity contribution in [2.24, 2.45) is 4.99 Å². The second-order valence-corrected chi connectivity index (χ2v) is 6.83. The molecule has 0 fully saturated rings. The van der Waals surface area contributed by atoms with Crippen LogP contribution in [0.2, 0.25) is 0 Å². The van der Waals surface area contributed by atoms with E-state index in [1.807, 2.05) is 19.2 Å². The quantitative estimate of drug-likeness (QED) is 0.368. The van der Waals surface area contributed by atoms with Crippen molar-refractivity contribution in [3.8, 4) is 5.75 Å². The topological polar surface area (TPSA) is 61.4 Å². The summed E-state index contributed by atoms with van der Waals surface area (Å²) in [5, 5.41) is 8.30. The van der Waals surface area contributed by atoms with Gasteiger partial charge >= 0.3 is 0 Å². The number of fused-ring (bicyclic) bond motifs is 2. The molecule has 0 spiro atoms. The van der Waals surface area contributed by atoms with E-state index in [4.69, 9.17) is 4.74 Å². The van der Waals surface area contributed by atoms with Crippen LogP contribution in [0.25, 0.3) is 10.9 Å². The number of H-pyrrole nitrogens is 1. The molecule has 2 heterocycles. The summed E-state index contributed by atoms with van der Waals surface area (Å²) in [6.07, 6.45) is 5.14. The molecular formula is C22H26N4O. The molecule has 1 aromatic heterocycles. The smallest absolute Gasteiger partial charge is 0.191 e. The van der Waals surface area contributed by atoms with Gasteiger partial charge in [0, 0.05) is 42.7 Å². The Bertz CT molecular complexity index is 931. The van der Waals surface area contributed by atoms with Crippen molar-refractivity contribution in [2.45, 2.75) is 25.3 Å². The van der Waals surface area contributed by atoms with Crippen LogP contribution < -0.4 is 15.4 Å². The van der Waals surface area contributed by atoms with Gasteiger partial charge in [0.1, 0.15) is 5.75 Å². The minimum Gasteiger partial charge on any atom is -0.493 e. The standard InChI is InChI=1S/C22H26N4O/c1-23-22(26-20-12-14-27-21-11-5-3-9-18(20)21)24-13-6-7-16-15-25-19-10-4-2-8-17(16)19/h2-5,8-11,15,20,25H,6-7,12-14H2,1H3,(H2,23,24,26). The van der Waals surface area contributed by atoms with Gasteiger partial charge < -0.3 is 20.4 Å². The second kappa shape index (κ2) is 8.16. The SMILES string of the molecule is CN=C(NCCCc1c[nH]c2ccccc12)NC1CCOc2ccccc21. The number of hydrogen-bond donors (Lipinski definition) is 3. The fourth-order valence-electron chi connectivity index (χ4n) is 3.68. The maximum atomic E-state index is 5.74. The van der Waals surface area contributed by atoms with Crippen molar-refractivity contribution in [1.82, 2.24) is 15.6 Å². The van der Waals surface area contributed by atoms with E-state index in [1.165, 1.54) is 22.0 Å². The first-order chi connectivity index (χ1) is 13.3. The van der Waals surface area contributed by atoms with Crippen molar-refractivity contribution in [3.63, 3.8) is 0 Å². The largest absolute Gasteiger partial charge is 0.493 e. The number of benzene rings is 2. The summed E-state index contributed by atoms with van der Waals surface area (Å²) in [6.45, 7) is 1.61. The predicted octanol–water partition coefficient (Wildman–Crippen LogP) is 3.79. The summed E-state index contributed by atoms with van der Waals surface area (Å²) in [7, 11) is 1.82. The maximum Gasteiger partial charge on any atom is 0.191 e. The summed E-state index contributed by atoms with van der Waals surface area (Å²) >= 11 is 0. The van der Waals surface area contributed by atoms with Crippen LogP contribution in [0, 0.1) is 0 Å². The minimum absolute atomic E-state index is 0.231. The highest BCUT2D eigenvalue weighted by molar-refractivity contribution is 5.83. The van der Waals surface area contributed by atoms with Crippen molar-refractivity contribution < 1.29 is 4.74 Å². The third kappa shape index (κ3) is 3.92. The lowest BCUT2D eigenvalue weighted by atomic mass is 10.0. The molecule has 0 saturated heterocycles. The van der Waals surface area contributed by atoms with Crippen LogP contribution in [0.4, 0.5) is 0 Å². The van der Waals surface area contributed by atoms with E-state index in [0.29, 0.717) is 0 Å². The molecule has 1 aliphatic rings. The Balaban J connectivity index is 1.30. The fourth-order valence-corrected chi connectivity index (χ4v) is 3.68. The van der Waals surface area contributed by atoms with E-state index in [1.54, 1.807) is 0 Å². The number of para-hydroxylation sites is 2. The normalized spacial score (nSPS) is 16.6. The molecule has 1 atom stereocenters. The first kappa shape index (κ1) is 17.5. The first-order valence-electron chi connectivity index (χ1n) is 9.59. The number of rotatable bonds is 5. The Labute approximate surface area is 159 Å². The minimum atomic E-state index is 0.231. The lowest BCUT2D eigenvalue weighted by Gasteiger charge is -2.28. The Kier molecular flexibility index (Phi) is 5.28. The molecule has 0 amide bonds. The third-order valence-electron chi connectivity index (χ3n) is 5.08. The Hall–Kier alpha value is -2.95. The van der Waals surface area contributed by atoms with Crippen LogP contribution in [0.1, 0.15) is 30.0 Å². The van der Waals surface area contributed by atoms with E-state index in [9.17, 15) is 0 Å². The molecule has 0 radical (unpaired) electrons. The highest BCUT2D eigenvalue weighted by atomic mass is 16.5. The van der Waals surface area contributed by atoms with Gasteiger partial charge in [-0.15, -0.1) is 0 Å². The molecule has 3 N–H and O–H groups in total. The number of guanidine groups is 1. The number of ether oxygens (including phenoxy) is 1. The average Bonchev–Trinajstić information content (AvgIpc) is 3.13. The molecule has 0 saturated carbocycles. The van der Waals surface area contributed by atoms with Gasteiger partial charge in [-0.1, -0.05) is 36.4 Å². The number of nitrogens with one attached hydrogen (secondary N) is 3. The van der Waals surface area contributed by atoms with Gasteiger partial charge in [-0.05, 0) is 30.5 Å². The average molecular weight is 362 g/mol. The van der Waals surface area contributed by atoms with E-state index in [-0.39, 0.29) is 6.04 Å². The van der Waals surface area contributed by atoms with Crippen LogP contribution in [0.5, 0.6) is 5.75 Å². The third-order valence-corrected chi connectivity index (χ3v) is 5.08. The molecule has 0 bridgehead atoms. The van der Waals surface area contributed by atoms with E-state index in [0.717, 1.165) is 44.1 Å². The predicted molar refractivity (Wildman–Crippen MR) is 110 cm³/mol. The lowest BCUT2D eigenvalue weighted by molar-refractivity contribution is 0.261. The van der Waals surface area contributed by atoms with Gasteiger partial charge in [0.25, 0.3) is 0 Å². The highest BCUT2D eigenvalue weighted by Crippen LogP contribution is 2.31. The molecule has 1 unspecified atom stereocenters. The van der Waals surface area contributed by atoms with Crippen LogP contribution in [0.3, 0.4) is 0 Å². The fraction of sp³-hybridized carbons (Fsp3) is 0.318. The number of aromatic amines is 1. The first-order valence-corrected chi connectivity index (χ1v) is 9.59. The number of aryl methyl sites for hydroxylation is 1. The van der Waals surface area contributed by atoms with Gasteiger partial charge in [0.2, 0.25) is 0 Å². The monoisotopic (exact) mass is 362 g/mol. The van der Waals surface area contributed by atoms with Crippen molar-refractivity contribution in [3.05, 3.63) is 65.9 Å². The summed E-state index contributed by atoms with van der Waals surface area (Å²) in [5.41, 5.74) is 3.77. The molecule has 4 rings (SSSR count). The van der Waals surface area contributed by atoms with Gasteiger partial charge in [0.05, 0.1) is 12.6 Å². The zero-order chi connectivity index (χ0) is 18.5. The molecule has 5 heteroatoms. The van der Waals surface area contributed by atoms with Gasteiger partial charge in [-0.2, -0.15) is 0 Å². The number of hydrogen-bond acceptors (Lipinski definition) is 2. The molecular weight excluding hydrogens is 336 g/mol. The molecule has 5 nitrogen and oxygen atoms in total. The summed E-state index contributed by atoms with van der Waals surface area (Å²) in [5.74, 6) is 1.81. The highest BCUT2D eigenvalue weighted by Gasteiger charge is 2.21. The lowest BCUT2D eigenvalue weighted by Crippen LogP contribution is -2.41. The maximum absolute atomic E-state index is 5.74. The molecule has 27 heavy (non-hydrogen) atoms. The van der Waals surface area contributed by atoms with E-state index >= 15 is 0 Å². The van der Waals surface area contributed by atoms with Gasteiger partial charge in [-0.25, -0.2) is 0 Å². The number of aliphatic imine (C=N–C) groups is 1. The van der Waals surface area contributed by atoms with Gasteiger partial charge in [-0.3, -0.25) is 4.99 Å². The molecule has 0 aliphatic carbocycles. The van der Waals surface area contributed by atoms with Crippen LogP contribution in [-0.2, 0) is 6.42 Å². The zero-order valence-electron chi connectivity index (χ0n) is 15.7.